The molecule has 3 rings (SSSR count). The molecular formula is C15H19NO4S. The van der Waals surface area contributed by atoms with E-state index in [4.69, 9.17) is 0 Å². The van der Waals surface area contributed by atoms with Crippen LogP contribution in [0, 0.1) is 0 Å². The number of fused-ring (bicyclic) bond motifs is 2. The summed E-state index contributed by atoms with van der Waals surface area (Å²) in [5, 5.41) is 9.78. The Hall–Kier alpha value is -1.24. The zero-order valence-electron chi connectivity index (χ0n) is 11.9. The summed E-state index contributed by atoms with van der Waals surface area (Å²) in [6.45, 7) is 1.45. The Kier molecular flexibility index (Phi) is 3.63. The number of Topliss-reactive ketones (excluding diaryl/α,β-unsaturated/α-hetero) is 1. The lowest BCUT2D eigenvalue weighted by molar-refractivity contribution is 0.0768. The van der Waals surface area contributed by atoms with Crippen LogP contribution in [0.4, 0.5) is 0 Å². The molecule has 1 aromatic carbocycles. The maximum Gasteiger partial charge on any atom is 0.243 e. The Morgan fingerprint density at radius 2 is 1.67 bits per heavy atom. The molecule has 114 valence electrons. The van der Waals surface area contributed by atoms with E-state index < -0.39 is 16.1 Å². The molecule has 0 amide bonds. The third kappa shape index (κ3) is 2.52. The van der Waals surface area contributed by atoms with Crippen LogP contribution in [0.15, 0.2) is 29.2 Å². The van der Waals surface area contributed by atoms with Crippen molar-refractivity contribution in [1.29, 1.82) is 0 Å². The van der Waals surface area contributed by atoms with Crippen molar-refractivity contribution in [1.82, 2.24) is 4.31 Å². The van der Waals surface area contributed by atoms with Gasteiger partial charge in [-0.15, -0.1) is 0 Å². The summed E-state index contributed by atoms with van der Waals surface area (Å²) >= 11 is 0. The fourth-order valence-corrected chi connectivity index (χ4v) is 5.37. The van der Waals surface area contributed by atoms with E-state index in [2.05, 4.69) is 0 Å². The van der Waals surface area contributed by atoms with Gasteiger partial charge in [0.25, 0.3) is 0 Å². The molecule has 0 radical (unpaired) electrons. The molecule has 0 spiro atoms. The van der Waals surface area contributed by atoms with E-state index in [1.807, 2.05) is 0 Å². The number of aliphatic hydroxyl groups is 1. The number of carbonyl (C=O) groups excluding carboxylic acids is 1. The molecule has 2 unspecified atom stereocenters. The molecule has 6 heteroatoms. The van der Waals surface area contributed by atoms with Crippen molar-refractivity contribution in [2.75, 3.05) is 0 Å². The van der Waals surface area contributed by atoms with Gasteiger partial charge in [-0.2, -0.15) is 4.31 Å². The smallest absolute Gasteiger partial charge is 0.243 e. The molecule has 1 aromatic rings. The average molecular weight is 309 g/mol. The standard InChI is InChI=1S/C15H19NO4S/c1-10(17)11-2-6-15(7-3-11)21(19,20)16-12-4-5-13(16)9-14(18)8-12/h2-3,6-7,12-14,18H,4-5,8-9H2,1H3. The molecule has 0 saturated carbocycles. The van der Waals surface area contributed by atoms with Crippen molar-refractivity contribution in [2.45, 2.75) is 55.7 Å². The Balaban J connectivity index is 1.92. The lowest BCUT2D eigenvalue weighted by Gasteiger charge is -2.36. The molecule has 2 fully saturated rings. The third-order valence-electron chi connectivity index (χ3n) is 4.48. The minimum absolute atomic E-state index is 0.0832. The summed E-state index contributed by atoms with van der Waals surface area (Å²) in [5.74, 6) is -0.0832. The van der Waals surface area contributed by atoms with Crippen LogP contribution in [0.5, 0.6) is 0 Å². The molecule has 2 aliphatic rings. The molecule has 2 bridgehead atoms. The van der Waals surface area contributed by atoms with E-state index in [-0.39, 0.29) is 22.8 Å². The Morgan fingerprint density at radius 1 is 1.14 bits per heavy atom. The number of ketones is 1. The van der Waals surface area contributed by atoms with Gasteiger partial charge in [-0.05, 0) is 44.7 Å². The molecular weight excluding hydrogens is 290 g/mol. The van der Waals surface area contributed by atoms with E-state index >= 15 is 0 Å². The van der Waals surface area contributed by atoms with E-state index in [1.54, 1.807) is 16.4 Å². The van der Waals surface area contributed by atoms with E-state index in [1.165, 1.54) is 19.1 Å². The fraction of sp³-hybridized carbons (Fsp3) is 0.533. The van der Waals surface area contributed by atoms with Gasteiger partial charge in [0.05, 0.1) is 11.0 Å². The topological polar surface area (TPSA) is 74.7 Å². The lowest BCUT2D eigenvalue weighted by Crippen LogP contribution is -2.47. The number of nitrogens with zero attached hydrogens (tertiary/aromatic N) is 1. The third-order valence-corrected chi connectivity index (χ3v) is 6.50. The van der Waals surface area contributed by atoms with Crippen molar-refractivity contribution >= 4 is 15.8 Å². The second kappa shape index (κ2) is 5.19. The summed E-state index contributed by atoms with van der Waals surface area (Å²) in [4.78, 5) is 11.5. The van der Waals surface area contributed by atoms with Gasteiger partial charge in [0.15, 0.2) is 5.78 Å². The Bertz CT molecular complexity index is 639. The number of aliphatic hydroxyl groups excluding tert-OH is 1. The van der Waals surface area contributed by atoms with Crippen LogP contribution in [0.2, 0.25) is 0 Å². The van der Waals surface area contributed by atoms with E-state index in [0.29, 0.717) is 18.4 Å². The molecule has 2 atom stereocenters. The van der Waals surface area contributed by atoms with Crippen LogP contribution >= 0.6 is 0 Å². The van der Waals surface area contributed by atoms with Crippen LogP contribution in [0.1, 0.15) is 43.0 Å². The first-order chi connectivity index (χ1) is 9.89. The van der Waals surface area contributed by atoms with Crippen LogP contribution < -0.4 is 0 Å². The SMILES string of the molecule is CC(=O)c1ccc(S(=O)(=O)N2C3CCC2CC(O)C3)cc1. The monoisotopic (exact) mass is 309 g/mol. The summed E-state index contributed by atoms with van der Waals surface area (Å²) < 4.78 is 27.2. The molecule has 2 heterocycles. The molecule has 0 aliphatic carbocycles. The van der Waals surface area contributed by atoms with Gasteiger partial charge in [0.1, 0.15) is 0 Å². The van der Waals surface area contributed by atoms with Gasteiger partial charge in [0, 0.05) is 17.6 Å². The summed E-state index contributed by atoms with van der Waals surface area (Å²) in [5.41, 5.74) is 0.506. The molecule has 2 saturated heterocycles. The van der Waals surface area contributed by atoms with Crippen molar-refractivity contribution in [3.63, 3.8) is 0 Å². The highest BCUT2D eigenvalue weighted by Gasteiger charge is 2.46. The molecule has 0 aromatic heterocycles. The van der Waals surface area contributed by atoms with Crippen molar-refractivity contribution in [2.24, 2.45) is 0 Å². The number of rotatable bonds is 3. The van der Waals surface area contributed by atoms with Crippen LogP contribution in [-0.2, 0) is 10.0 Å². The second-order valence-corrected chi connectivity index (χ2v) is 7.77. The zero-order chi connectivity index (χ0) is 15.2. The minimum Gasteiger partial charge on any atom is -0.393 e. The van der Waals surface area contributed by atoms with Gasteiger partial charge >= 0.3 is 0 Å². The molecule has 2 aliphatic heterocycles. The van der Waals surface area contributed by atoms with Crippen LogP contribution in [0.25, 0.3) is 0 Å². The van der Waals surface area contributed by atoms with Gasteiger partial charge in [-0.3, -0.25) is 4.79 Å². The minimum atomic E-state index is -3.55. The molecule has 21 heavy (non-hydrogen) atoms. The first-order valence-corrected chi connectivity index (χ1v) is 8.66. The number of hydrogen-bond acceptors (Lipinski definition) is 4. The van der Waals surface area contributed by atoms with Crippen molar-refractivity contribution in [3.05, 3.63) is 29.8 Å². The largest absolute Gasteiger partial charge is 0.393 e. The lowest BCUT2D eigenvalue weighted by atomic mass is 10.0. The van der Waals surface area contributed by atoms with E-state index in [0.717, 1.165) is 12.8 Å². The zero-order valence-corrected chi connectivity index (χ0v) is 12.7. The first-order valence-electron chi connectivity index (χ1n) is 7.22. The van der Waals surface area contributed by atoms with Crippen LogP contribution in [-0.4, -0.2) is 41.8 Å². The maximum atomic E-state index is 12.8. The number of hydrogen-bond donors (Lipinski definition) is 1. The Labute approximate surface area is 124 Å². The van der Waals surface area contributed by atoms with Gasteiger partial charge in [-0.1, -0.05) is 12.1 Å². The average Bonchev–Trinajstić information content (AvgIpc) is 2.72. The maximum absolute atomic E-state index is 12.8. The number of carbonyl (C=O) groups is 1. The van der Waals surface area contributed by atoms with Gasteiger partial charge < -0.3 is 5.11 Å². The van der Waals surface area contributed by atoms with Gasteiger partial charge in [0.2, 0.25) is 10.0 Å². The van der Waals surface area contributed by atoms with Crippen molar-refractivity contribution in [3.8, 4) is 0 Å². The van der Waals surface area contributed by atoms with E-state index in [9.17, 15) is 18.3 Å². The molecule has 1 N–H and O–H groups in total. The summed E-state index contributed by atoms with van der Waals surface area (Å²) in [7, 11) is -3.55. The first kappa shape index (κ1) is 14.7. The van der Waals surface area contributed by atoms with Crippen LogP contribution in [0.3, 0.4) is 0 Å². The normalized spacial score (nSPS) is 29.5. The fourth-order valence-electron chi connectivity index (χ4n) is 3.48. The molecule has 5 nitrogen and oxygen atoms in total. The quantitative estimate of drug-likeness (QED) is 0.860. The van der Waals surface area contributed by atoms with Crippen molar-refractivity contribution < 1.29 is 18.3 Å². The highest BCUT2D eigenvalue weighted by Crippen LogP contribution is 2.39. The summed E-state index contributed by atoms with van der Waals surface area (Å²) in [6, 6.07) is 5.89. The highest BCUT2D eigenvalue weighted by atomic mass is 32.2. The predicted octanol–water partition coefficient (Wildman–Crippen LogP) is 1.57. The number of sulfonamides is 1. The summed E-state index contributed by atoms with van der Waals surface area (Å²) in [6.07, 6.45) is 2.26. The number of benzene rings is 1. The number of piperidine rings is 1. The van der Waals surface area contributed by atoms with Gasteiger partial charge in [-0.25, -0.2) is 8.42 Å². The highest BCUT2D eigenvalue weighted by molar-refractivity contribution is 7.89. The predicted molar refractivity (Wildman–Crippen MR) is 77.5 cm³/mol. The second-order valence-electron chi connectivity index (χ2n) is 5.93. The Morgan fingerprint density at radius 3 is 2.14 bits per heavy atom.